The first-order chi connectivity index (χ1) is 13.4. The lowest BCUT2D eigenvalue weighted by Gasteiger charge is -2.10. The molecule has 0 saturated heterocycles. The lowest BCUT2D eigenvalue weighted by Crippen LogP contribution is -2.30. The fraction of sp³-hybridized carbons (Fsp3) is 0.316. The summed E-state index contributed by atoms with van der Waals surface area (Å²) in [6.07, 6.45) is 0.00765. The third kappa shape index (κ3) is 7.12. The quantitative estimate of drug-likeness (QED) is 0.538. The molecule has 7 nitrogen and oxygen atoms in total. The number of carbonyl (C=O) groups excluding carboxylic acids is 1. The van der Waals surface area contributed by atoms with E-state index in [1.165, 1.54) is 12.1 Å². The van der Waals surface area contributed by atoms with E-state index in [2.05, 4.69) is 10.0 Å². The van der Waals surface area contributed by atoms with Gasteiger partial charge in [-0.1, -0.05) is 35.9 Å². The van der Waals surface area contributed by atoms with Gasteiger partial charge >= 0.3 is 0 Å². The highest BCUT2D eigenvalue weighted by Gasteiger charge is 2.17. The van der Waals surface area contributed by atoms with E-state index in [1.54, 1.807) is 19.2 Å². The molecule has 2 aromatic carbocycles. The van der Waals surface area contributed by atoms with Crippen molar-refractivity contribution in [2.45, 2.75) is 17.9 Å². The van der Waals surface area contributed by atoms with Crippen LogP contribution in [0.3, 0.4) is 0 Å². The van der Waals surface area contributed by atoms with Gasteiger partial charge in [0, 0.05) is 26.6 Å². The van der Waals surface area contributed by atoms with Gasteiger partial charge in [0.25, 0.3) is 0 Å². The van der Waals surface area contributed by atoms with Crippen LogP contribution in [0.2, 0.25) is 5.02 Å². The molecule has 28 heavy (non-hydrogen) atoms. The second-order valence-corrected chi connectivity index (χ2v) is 7.99. The van der Waals surface area contributed by atoms with Crippen LogP contribution >= 0.6 is 11.6 Å². The van der Waals surface area contributed by atoms with E-state index < -0.39 is 10.0 Å². The maximum absolute atomic E-state index is 12.2. The lowest BCUT2D eigenvalue weighted by molar-refractivity contribution is -0.121. The summed E-state index contributed by atoms with van der Waals surface area (Å²) in [5, 5.41) is 2.88. The molecule has 0 fully saturated rings. The molecule has 0 radical (unpaired) electrons. The van der Waals surface area contributed by atoms with Gasteiger partial charge in [-0.25, -0.2) is 13.1 Å². The van der Waals surface area contributed by atoms with Crippen LogP contribution < -0.4 is 14.8 Å². The van der Waals surface area contributed by atoms with Crippen LogP contribution in [-0.4, -0.2) is 41.2 Å². The van der Waals surface area contributed by atoms with Crippen LogP contribution in [0.5, 0.6) is 5.75 Å². The zero-order chi connectivity index (χ0) is 20.4. The number of methoxy groups -OCH3 is 1. The van der Waals surface area contributed by atoms with Crippen molar-refractivity contribution in [1.29, 1.82) is 0 Å². The molecular formula is C19H23ClN2O5S. The first kappa shape index (κ1) is 22.2. The van der Waals surface area contributed by atoms with Crippen LogP contribution in [0.25, 0.3) is 0 Å². The standard InChI is InChI=1S/C19H23ClN2O5S/c1-26-11-12-27-16-6-4-5-15(13-16)14-21-19(23)9-10-22-28(24,25)18-8-3-2-7-17(18)20/h2-8,13,22H,9-12,14H2,1H3,(H,21,23). The summed E-state index contributed by atoms with van der Waals surface area (Å²) in [6.45, 7) is 1.22. The second kappa shape index (κ2) is 11.0. The summed E-state index contributed by atoms with van der Waals surface area (Å²) in [7, 11) is -2.16. The molecule has 0 aliphatic rings. The number of carbonyl (C=O) groups is 1. The van der Waals surface area contributed by atoms with Crippen molar-refractivity contribution in [3.8, 4) is 5.75 Å². The SMILES string of the molecule is COCCOc1cccc(CNC(=O)CCNS(=O)(=O)c2ccccc2Cl)c1. The summed E-state index contributed by atoms with van der Waals surface area (Å²) < 4.78 is 37.3. The van der Waals surface area contributed by atoms with Crippen molar-refractivity contribution in [2.24, 2.45) is 0 Å². The Morgan fingerprint density at radius 1 is 1.11 bits per heavy atom. The normalized spacial score (nSPS) is 11.2. The molecule has 1 amide bonds. The summed E-state index contributed by atoms with van der Waals surface area (Å²) >= 11 is 5.90. The Balaban J connectivity index is 1.77. The minimum Gasteiger partial charge on any atom is -0.491 e. The average Bonchev–Trinajstić information content (AvgIpc) is 2.67. The number of ether oxygens (including phenoxy) is 2. The Labute approximate surface area is 170 Å². The summed E-state index contributed by atoms with van der Waals surface area (Å²) in [5.41, 5.74) is 0.875. The maximum Gasteiger partial charge on any atom is 0.242 e. The summed E-state index contributed by atoms with van der Waals surface area (Å²) in [6, 6.07) is 13.5. The molecule has 0 spiro atoms. The van der Waals surface area contributed by atoms with Gasteiger partial charge < -0.3 is 14.8 Å². The van der Waals surface area contributed by atoms with Crippen LogP contribution in [0.1, 0.15) is 12.0 Å². The maximum atomic E-state index is 12.2. The van der Waals surface area contributed by atoms with Gasteiger partial charge in [-0.2, -0.15) is 0 Å². The van der Waals surface area contributed by atoms with E-state index in [-0.39, 0.29) is 28.8 Å². The van der Waals surface area contributed by atoms with E-state index in [1.807, 2.05) is 24.3 Å². The molecule has 2 aromatic rings. The van der Waals surface area contributed by atoms with Crippen molar-refractivity contribution in [3.63, 3.8) is 0 Å². The molecule has 2 rings (SSSR count). The minimum absolute atomic E-state index is 0.00765. The second-order valence-electron chi connectivity index (χ2n) is 5.84. The smallest absolute Gasteiger partial charge is 0.242 e. The molecule has 0 atom stereocenters. The molecule has 0 aromatic heterocycles. The third-order valence-electron chi connectivity index (χ3n) is 3.71. The molecule has 2 N–H and O–H groups in total. The van der Waals surface area contributed by atoms with Gasteiger partial charge in [0.2, 0.25) is 15.9 Å². The van der Waals surface area contributed by atoms with Crippen molar-refractivity contribution in [2.75, 3.05) is 26.9 Å². The van der Waals surface area contributed by atoms with Gasteiger partial charge in [-0.05, 0) is 29.8 Å². The fourth-order valence-corrected chi connectivity index (χ4v) is 3.87. The zero-order valence-corrected chi connectivity index (χ0v) is 17.1. The first-order valence-electron chi connectivity index (χ1n) is 8.64. The number of amides is 1. The summed E-state index contributed by atoms with van der Waals surface area (Å²) in [5.74, 6) is 0.420. The number of nitrogens with one attached hydrogen (secondary N) is 2. The van der Waals surface area contributed by atoms with E-state index in [0.717, 1.165) is 5.56 Å². The van der Waals surface area contributed by atoms with Gasteiger partial charge in [-0.15, -0.1) is 0 Å². The monoisotopic (exact) mass is 426 g/mol. The van der Waals surface area contributed by atoms with Crippen LogP contribution in [0.15, 0.2) is 53.4 Å². The van der Waals surface area contributed by atoms with Gasteiger partial charge in [-0.3, -0.25) is 4.79 Å². The van der Waals surface area contributed by atoms with Crippen molar-refractivity contribution in [3.05, 3.63) is 59.1 Å². The first-order valence-corrected chi connectivity index (χ1v) is 10.5. The average molecular weight is 427 g/mol. The van der Waals surface area contributed by atoms with E-state index >= 15 is 0 Å². The van der Waals surface area contributed by atoms with Gasteiger partial charge in [0.05, 0.1) is 11.6 Å². The van der Waals surface area contributed by atoms with Crippen molar-refractivity contribution in [1.82, 2.24) is 10.0 Å². The molecule has 152 valence electrons. The highest BCUT2D eigenvalue weighted by molar-refractivity contribution is 7.89. The molecule has 0 aliphatic carbocycles. The number of benzene rings is 2. The van der Waals surface area contributed by atoms with E-state index in [9.17, 15) is 13.2 Å². The summed E-state index contributed by atoms with van der Waals surface area (Å²) in [4.78, 5) is 12.0. The molecule has 0 heterocycles. The van der Waals surface area contributed by atoms with E-state index in [0.29, 0.717) is 25.5 Å². The predicted octanol–water partition coefficient (Wildman–Crippen LogP) is 2.35. The number of hydrogen-bond donors (Lipinski definition) is 2. The van der Waals surface area contributed by atoms with Crippen LogP contribution in [0, 0.1) is 0 Å². The largest absolute Gasteiger partial charge is 0.491 e. The Hall–Kier alpha value is -2.13. The molecule has 0 unspecified atom stereocenters. The molecule has 0 saturated carbocycles. The van der Waals surface area contributed by atoms with Gasteiger partial charge in [0.15, 0.2) is 0 Å². The number of halogens is 1. The lowest BCUT2D eigenvalue weighted by atomic mass is 10.2. The number of sulfonamides is 1. The highest BCUT2D eigenvalue weighted by atomic mass is 35.5. The Kier molecular flexibility index (Phi) is 8.72. The van der Waals surface area contributed by atoms with Crippen molar-refractivity contribution >= 4 is 27.5 Å². The fourth-order valence-electron chi connectivity index (χ4n) is 2.32. The zero-order valence-electron chi connectivity index (χ0n) is 15.5. The topological polar surface area (TPSA) is 93.7 Å². The molecule has 0 aliphatic heterocycles. The van der Waals surface area contributed by atoms with Gasteiger partial charge in [0.1, 0.15) is 17.3 Å². The predicted molar refractivity (Wildman–Crippen MR) is 107 cm³/mol. The number of rotatable bonds is 11. The van der Waals surface area contributed by atoms with Crippen LogP contribution in [0.4, 0.5) is 0 Å². The molecule has 9 heteroatoms. The van der Waals surface area contributed by atoms with Crippen LogP contribution in [-0.2, 0) is 26.1 Å². The van der Waals surface area contributed by atoms with E-state index in [4.69, 9.17) is 21.1 Å². The Morgan fingerprint density at radius 3 is 2.64 bits per heavy atom. The Bertz CT molecular complexity index is 889. The number of hydrogen-bond acceptors (Lipinski definition) is 5. The Morgan fingerprint density at radius 2 is 1.89 bits per heavy atom. The minimum atomic E-state index is -3.76. The molecule has 0 bridgehead atoms. The highest BCUT2D eigenvalue weighted by Crippen LogP contribution is 2.20. The third-order valence-corrected chi connectivity index (χ3v) is 5.68. The van der Waals surface area contributed by atoms with Crippen molar-refractivity contribution < 1.29 is 22.7 Å². The molecular weight excluding hydrogens is 404 g/mol.